The van der Waals surface area contributed by atoms with Gasteiger partial charge in [0.05, 0.1) is 18.5 Å². The molecule has 0 amide bonds. The lowest BCUT2D eigenvalue weighted by Gasteiger charge is -2.36. The van der Waals surface area contributed by atoms with Crippen molar-refractivity contribution in [2.75, 3.05) is 37.7 Å². The van der Waals surface area contributed by atoms with Crippen LogP contribution in [0.1, 0.15) is 12.1 Å². The second-order valence-electron chi connectivity index (χ2n) is 6.09. The van der Waals surface area contributed by atoms with Gasteiger partial charge in [0.2, 0.25) is 5.95 Å². The molecule has 1 saturated heterocycles. The van der Waals surface area contributed by atoms with E-state index in [0.29, 0.717) is 35.3 Å². The highest BCUT2D eigenvalue weighted by molar-refractivity contribution is 7.80. The van der Waals surface area contributed by atoms with Gasteiger partial charge >= 0.3 is 0 Å². The molecule has 4 heterocycles. The molecule has 0 radical (unpaired) electrons. The zero-order chi connectivity index (χ0) is 18.6. The minimum Gasteiger partial charge on any atom is -0.491 e. The van der Waals surface area contributed by atoms with Gasteiger partial charge in [-0.15, -0.1) is 0 Å². The monoisotopic (exact) mass is 387 g/mol. The van der Waals surface area contributed by atoms with Crippen LogP contribution < -0.4 is 15.1 Å². The van der Waals surface area contributed by atoms with Crippen LogP contribution in [-0.4, -0.2) is 63.5 Å². The second kappa shape index (κ2) is 7.78. The average Bonchev–Trinajstić information content (AvgIpc) is 2.73. The Bertz CT molecular complexity index is 856. The molecule has 0 saturated carbocycles. The predicted molar refractivity (Wildman–Crippen MR) is 102 cm³/mol. The van der Waals surface area contributed by atoms with E-state index >= 15 is 0 Å². The third kappa shape index (κ3) is 3.95. The van der Waals surface area contributed by atoms with Crippen molar-refractivity contribution >= 4 is 28.9 Å². The molecule has 0 spiro atoms. The van der Waals surface area contributed by atoms with Gasteiger partial charge in [-0.2, -0.15) is 9.49 Å². The Morgan fingerprint density at radius 1 is 1.22 bits per heavy atom. The molecule has 140 valence electrons. The predicted octanol–water partition coefficient (Wildman–Crippen LogP) is 1.19. The number of ether oxygens (including phenoxy) is 1. The van der Waals surface area contributed by atoms with E-state index in [1.54, 1.807) is 24.7 Å². The number of nitrogens with zero attached hydrogens (tertiary/aromatic N) is 6. The number of rotatable bonds is 2. The zero-order valence-electron chi connectivity index (χ0n) is 14.5. The molecule has 0 bridgehead atoms. The van der Waals surface area contributed by atoms with Gasteiger partial charge in [-0.05, 0) is 24.4 Å². The highest BCUT2D eigenvalue weighted by atomic mass is 32.1. The summed E-state index contributed by atoms with van der Waals surface area (Å²) in [6, 6.07) is 2.84. The van der Waals surface area contributed by atoms with Crippen LogP contribution in [0.2, 0.25) is 0 Å². The largest absolute Gasteiger partial charge is 0.491 e. The summed E-state index contributed by atoms with van der Waals surface area (Å²) in [5, 5.41) is 4.89. The molecule has 8 nitrogen and oxygen atoms in total. The van der Waals surface area contributed by atoms with Crippen LogP contribution in [0, 0.1) is 5.95 Å². The fourth-order valence-electron chi connectivity index (χ4n) is 3.01. The number of nitrogens with one attached hydrogen (secondary N) is 1. The molecule has 2 aromatic rings. The van der Waals surface area contributed by atoms with Crippen molar-refractivity contribution in [2.24, 2.45) is 5.10 Å². The number of anilines is 1. The third-order valence-electron chi connectivity index (χ3n) is 4.42. The van der Waals surface area contributed by atoms with Crippen molar-refractivity contribution in [3.05, 3.63) is 42.4 Å². The first-order valence-electron chi connectivity index (χ1n) is 8.63. The third-order valence-corrected chi connectivity index (χ3v) is 4.77. The Labute approximate surface area is 161 Å². The van der Waals surface area contributed by atoms with Gasteiger partial charge in [0.1, 0.15) is 17.3 Å². The molecule has 2 aliphatic rings. The lowest BCUT2D eigenvalue weighted by molar-refractivity contribution is 0.316. The molecule has 10 heteroatoms. The molecule has 0 unspecified atom stereocenters. The van der Waals surface area contributed by atoms with Crippen LogP contribution >= 0.6 is 12.2 Å². The first kappa shape index (κ1) is 17.5. The average molecular weight is 387 g/mol. The Hall–Kier alpha value is -2.88. The van der Waals surface area contributed by atoms with Crippen molar-refractivity contribution in [3.8, 4) is 5.75 Å². The summed E-state index contributed by atoms with van der Waals surface area (Å²) in [5.41, 5.74) is 3.97. The van der Waals surface area contributed by atoms with Crippen molar-refractivity contribution < 1.29 is 9.13 Å². The van der Waals surface area contributed by atoms with Crippen LogP contribution in [0.5, 0.6) is 5.75 Å². The first-order valence-corrected chi connectivity index (χ1v) is 9.04. The molecule has 1 N–H and O–H groups in total. The number of hydrazone groups is 1. The zero-order valence-corrected chi connectivity index (χ0v) is 15.3. The number of hydrogen-bond acceptors (Lipinski definition) is 7. The summed E-state index contributed by atoms with van der Waals surface area (Å²) in [6.45, 7) is 3.56. The van der Waals surface area contributed by atoms with Crippen molar-refractivity contribution in [3.63, 3.8) is 0 Å². The Kier molecular flexibility index (Phi) is 5.05. The van der Waals surface area contributed by atoms with Crippen molar-refractivity contribution in [1.29, 1.82) is 0 Å². The van der Waals surface area contributed by atoms with Crippen LogP contribution in [0.3, 0.4) is 0 Å². The minimum atomic E-state index is -0.561. The van der Waals surface area contributed by atoms with Crippen LogP contribution in [-0.2, 0) is 0 Å². The van der Waals surface area contributed by atoms with Gasteiger partial charge in [-0.1, -0.05) is 0 Å². The van der Waals surface area contributed by atoms with E-state index in [2.05, 4.69) is 30.4 Å². The van der Waals surface area contributed by atoms with E-state index in [9.17, 15) is 4.39 Å². The summed E-state index contributed by atoms with van der Waals surface area (Å²) >= 11 is 5.46. The number of pyridine rings is 1. The van der Waals surface area contributed by atoms with E-state index < -0.39 is 5.95 Å². The van der Waals surface area contributed by atoms with Gasteiger partial charge < -0.3 is 14.5 Å². The van der Waals surface area contributed by atoms with E-state index in [-0.39, 0.29) is 0 Å². The van der Waals surface area contributed by atoms with Crippen LogP contribution in [0.25, 0.3) is 0 Å². The first-order chi connectivity index (χ1) is 13.2. The maximum absolute atomic E-state index is 13.4. The Balaban J connectivity index is 1.37. The molecule has 4 rings (SSSR count). The fourth-order valence-corrected chi connectivity index (χ4v) is 3.24. The molecule has 0 aliphatic carbocycles. The van der Waals surface area contributed by atoms with Gasteiger partial charge in [-0.25, -0.2) is 9.97 Å². The lowest BCUT2D eigenvalue weighted by Crippen LogP contribution is -2.51. The number of thiocarbonyl (C=S) groups is 1. The smallest absolute Gasteiger partial charge is 0.213 e. The molecule has 0 aromatic carbocycles. The Morgan fingerprint density at radius 3 is 2.85 bits per heavy atom. The maximum atomic E-state index is 13.4. The number of aromatic nitrogens is 3. The number of halogens is 1. The summed E-state index contributed by atoms with van der Waals surface area (Å²) in [7, 11) is 0. The van der Waals surface area contributed by atoms with E-state index in [0.717, 1.165) is 32.0 Å². The summed E-state index contributed by atoms with van der Waals surface area (Å²) < 4.78 is 18.9. The quantitative estimate of drug-likeness (QED) is 0.468. The minimum absolute atomic E-state index is 0.420. The SMILES string of the molecule is Fc1ccc2c(n1)/C(=N\NC(=S)N1CCN(c3cnccn3)CC1)CCO2. The van der Waals surface area contributed by atoms with E-state index in [4.69, 9.17) is 17.0 Å². The molecular formula is C17H18FN7OS. The topological polar surface area (TPSA) is 78.8 Å². The van der Waals surface area contributed by atoms with Crippen LogP contribution in [0.4, 0.5) is 10.2 Å². The maximum Gasteiger partial charge on any atom is 0.213 e. The van der Waals surface area contributed by atoms with Gasteiger partial charge in [-0.3, -0.25) is 10.4 Å². The van der Waals surface area contributed by atoms with Crippen molar-refractivity contribution in [1.82, 2.24) is 25.3 Å². The highest BCUT2D eigenvalue weighted by Crippen LogP contribution is 2.23. The molecular weight excluding hydrogens is 369 g/mol. The van der Waals surface area contributed by atoms with Gasteiger partial charge in [0, 0.05) is 45.0 Å². The van der Waals surface area contributed by atoms with Crippen LogP contribution in [0.15, 0.2) is 35.8 Å². The van der Waals surface area contributed by atoms with Crippen molar-refractivity contribution in [2.45, 2.75) is 6.42 Å². The summed E-state index contributed by atoms with van der Waals surface area (Å²) in [6.07, 6.45) is 5.65. The molecule has 1 fully saturated rings. The van der Waals surface area contributed by atoms with Gasteiger partial charge in [0.15, 0.2) is 5.11 Å². The Morgan fingerprint density at radius 2 is 2.07 bits per heavy atom. The van der Waals surface area contributed by atoms with E-state index in [1.165, 1.54) is 6.07 Å². The molecule has 2 aromatic heterocycles. The van der Waals surface area contributed by atoms with Gasteiger partial charge in [0.25, 0.3) is 0 Å². The summed E-state index contributed by atoms with van der Waals surface area (Å²) in [4.78, 5) is 16.5. The number of piperazine rings is 1. The fraction of sp³-hybridized carbons (Fsp3) is 0.353. The standard InChI is InChI=1S/C17H18FN7OS/c18-14-2-1-13-16(21-14)12(3-10-26-13)22-23-17(27)25-8-6-24(7-9-25)15-11-19-4-5-20-15/h1-2,4-5,11H,3,6-10H2,(H,23,27)/b22-12-. The number of fused-ring (bicyclic) bond motifs is 1. The summed E-state index contributed by atoms with van der Waals surface area (Å²) in [5.74, 6) is 0.838. The lowest BCUT2D eigenvalue weighted by atomic mass is 10.1. The second-order valence-corrected chi connectivity index (χ2v) is 6.48. The molecule has 0 atom stereocenters. The number of hydrogen-bond donors (Lipinski definition) is 1. The normalized spacial score (nSPS) is 18.0. The van der Waals surface area contributed by atoms with E-state index in [1.807, 2.05) is 4.90 Å². The highest BCUT2D eigenvalue weighted by Gasteiger charge is 2.22. The molecule has 27 heavy (non-hydrogen) atoms. The molecule has 2 aliphatic heterocycles.